The van der Waals surface area contributed by atoms with Crippen LogP contribution >= 0.6 is 0 Å². The predicted octanol–water partition coefficient (Wildman–Crippen LogP) is -0.355. The van der Waals surface area contributed by atoms with Crippen LogP contribution in [0.5, 0.6) is 6.01 Å². The number of aliphatic hydroxyl groups is 1. The van der Waals surface area contributed by atoms with Crippen LogP contribution in [-0.4, -0.2) is 39.8 Å². The highest BCUT2D eigenvalue weighted by atomic mass is 16.5. The van der Waals surface area contributed by atoms with E-state index in [0.29, 0.717) is 5.95 Å². The molecular weight excluding hydrogens is 198 g/mol. The fourth-order valence-electron chi connectivity index (χ4n) is 0.987. The summed E-state index contributed by atoms with van der Waals surface area (Å²) in [6, 6.07) is 0.0503. The molecule has 84 valence electrons. The lowest BCUT2D eigenvalue weighted by Gasteiger charge is -2.13. The molecule has 1 unspecified atom stereocenters. The number of hydrogen-bond acceptors (Lipinski definition) is 7. The van der Waals surface area contributed by atoms with Gasteiger partial charge in [0, 0.05) is 0 Å². The van der Waals surface area contributed by atoms with E-state index in [0.717, 1.165) is 6.42 Å². The first kappa shape index (κ1) is 11.4. The van der Waals surface area contributed by atoms with E-state index in [1.54, 1.807) is 0 Å². The third-order valence-electron chi connectivity index (χ3n) is 1.86. The Morgan fingerprint density at radius 1 is 1.47 bits per heavy atom. The van der Waals surface area contributed by atoms with Crippen molar-refractivity contribution in [1.82, 2.24) is 15.0 Å². The maximum absolute atomic E-state index is 8.99. The van der Waals surface area contributed by atoms with E-state index in [2.05, 4.69) is 20.3 Å². The summed E-state index contributed by atoms with van der Waals surface area (Å²) in [6.45, 7) is 1.94. The maximum Gasteiger partial charge on any atom is 0.322 e. The lowest BCUT2D eigenvalue weighted by atomic mass is 10.2. The van der Waals surface area contributed by atoms with Crippen molar-refractivity contribution in [2.75, 3.05) is 24.8 Å². The van der Waals surface area contributed by atoms with Gasteiger partial charge in [0.25, 0.3) is 0 Å². The Hall–Kier alpha value is -1.63. The highest BCUT2D eigenvalue weighted by Gasteiger charge is 2.09. The van der Waals surface area contributed by atoms with E-state index < -0.39 is 0 Å². The molecule has 1 atom stereocenters. The van der Waals surface area contributed by atoms with Crippen molar-refractivity contribution in [3.8, 4) is 6.01 Å². The molecule has 0 aliphatic heterocycles. The minimum Gasteiger partial charge on any atom is -0.467 e. The summed E-state index contributed by atoms with van der Waals surface area (Å²) in [6.07, 6.45) is 0.754. The van der Waals surface area contributed by atoms with Crippen molar-refractivity contribution < 1.29 is 9.84 Å². The second-order valence-electron chi connectivity index (χ2n) is 2.94. The standard InChI is InChI=1S/C8H15N5O2/c1-3-5(4-14)10-7-11-6(9)12-8(13-7)15-2/h5,14H,3-4H2,1-2H3,(H3,9,10,11,12,13). The first-order chi connectivity index (χ1) is 7.19. The number of methoxy groups -OCH3 is 1. The summed E-state index contributed by atoms with van der Waals surface area (Å²) in [4.78, 5) is 11.6. The van der Waals surface area contributed by atoms with Gasteiger partial charge < -0.3 is 20.9 Å². The van der Waals surface area contributed by atoms with Crippen LogP contribution in [0.3, 0.4) is 0 Å². The van der Waals surface area contributed by atoms with Crippen LogP contribution in [0.2, 0.25) is 0 Å². The van der Waals surface area contributed by atoms with Gasteiger partial charge in [-0.05, 0) is 6.42 Å². The van der Waals surface area contributed by atoms with Gasteiger partial charge in [-0.1, -0.05) is 6.92 Å². The highest BCUT2D eigenvalue weighted by Crippen LogP contribution is 2.09. The Balaban J connectivity index is 2.79. The molecule has 15 heavy (non-hydrogen) atoms. The number of nitrogens with zero attached hydrogens (tertiary/aromatic N) is 3. The average Bonchev–Trinajstić information content (AvgIpc) is 2.25. The molecule has 7 heteroatoms. The Labute approximate surface area is 87.7 Å². The number of aliphatic hydroxyl groups excluding tert-OH is 1. The average molecular weight is 213 g/mol. The Bertz CT molecular complexity index is 316. The number of ether oxygens (including phenoxy) is 1. The highest BCUT2D eigenvalue weighted by molar-refractivity contribution is 5.33. The number of aromatic nitrogens is 3. The molecule has 1 aromatic heterocycles. The third kappa shape index (κ3) is 3.21. The first-order valence-corrected chi connectivity index (χ1v) is 4.62. The van der Waals surface area contributed by atoms with Gasteiger partial charge in [-0.2, -0.15) is 15.0 Å². The summed E-state index contributed by atoms with van der Waals surface area (Å²) in [5.41, 5.74) is 5.45. The molecule has 0 amide bonds. The zero-order valence-electron chi connectivity index (χ0n) is 8.77. The minimum atomic E-state index is -0.100. The minimum absolute atomic E-state index is 0.00437. The van der Waals surface area contributed by atoms with Crippen LogP contribution in [0.4, 0.5) is 11.9 Å². The van der Waals surface area contributed by atoms with Crippen LogP contribution in [0, 0.1) is 0 Å². The van der Waals surface area contributed by atoms with E-state index in [4.69, 9.17) is 15.6 Å². The predicted molar refractivity (Wildman–Crippen MR) is 55.6 cm³/mol. The second-order valence-corrected chi connectivity index (χ2v) is 2.94. The normalized spacial score (nSPS) is 12.2. The van der Waals surface area contributed by atoms with E-state index >= 15 is 0 Å². The van der Waals surface area contributed by atoms with Gasteiger partial charge >= 0.3 is 6.01 Å². The molecular formula is C8H15N5O2. The molecule has 0 aliphatic carbocycles. The molecule has 7 nitrogen and oxygen atoms in total. The van der Waals surface area contributed by atoms with Crippen molar-refractivity contribution in [3.63, 3.8) is 0 Å². The second kappa shape index (κ2) is 5.30. The summed E-state index contributed by atoms with van der Waals surface area (Å²) >= 11 is 0. The van der Waals surface area contributed by atoms with Crippen LogP contribution in [0.15, 0.2) is 0 Å². The summed E-state index contributed by atoms with van der Waals surface area (Å²) in [5.74, 6) is 0.386. The molecule has 0 saturated heterocycles. The molecule has 1 rings (SSSR count). The van der Waals surface area contributed by atoms with Gasteiger partial charge in [0.2, 0.25) is 11.9 Å². The zero-order valence-corrected chi connectivity index (χ0v) is 8.77. The molecule has 0 saturated carbocycles. The first-order valence-electron chi connectivity index (χ1n) is 4.62. The van der Waals surface area contributed by atoms with Crippen molar-refractivity contribution in [2.45, 2.75) is 19.4 Å². The topological polar surface area (TPSA) is 106 Å². The quantitative estimate of drug-likeness (QED) is 0.613. The van der Waals surface area contributed by atoms with Crippen LogP contribution in [0.25, 0.3) is 0 Å². The van der Waals surface area contributed by atoms with Crippen molar-refractivity contribution in [3.05, 3.63) is 0 Å². The van der Waals surface area contributed by atoms with Gasteiger partial charge in [0.05, 0.1) is 19.8 Å². The molecule has 0 aliphatic rings. The van der Waals surface area contributed by atoms with Crippen molar-refractivity contribution >= 4 is 11.9 Å². The van der Waals surface area contributed by atoms with Gasteiger partial charge in [-0.25, -0.2) is 0 Å². The molecule has 1 aromatic rings. The van der Waals surface area contributed by atoms with Crippen LogP contribution in [0.1, 0.15) is 13.3 Å². The molecule has 1 heterocycles. The zero-order chi connectivity index (χ0) is 11.3. The van der Waals surface area contributed by atoms with E-state index in [1.807, 2.05) is 6.92 Å². The SMILES string of the molecule is CCC(CO)Nc1nc(N)nc(OC)n1. The molecule has 0 fully saturated rings. The lowest BCUT2D eigenvalue weighted by molar-refractivity contribution is 0.271. The fraction of sp³-hybridized carbons (Fsp3) is 0.625. The van der Waals surface area contributed by atoms with Crippen LogP contribution < -0.4 is 15.8 Å². The Kier molecular flexibility index (Phi) is 4.04. The molecule has 0 radical (unpaired) electrons. The molecule has 0 bridgehead atoms. The van der Waals surface area contributed by atoms with E-state index in [1.165, 1.54) is 7.11 Å². The summed E-state index contributed by atoms with van der Waals surface area (Å²) < 4.78 is 4.84. The Morgan fingerprint density at radius 2 is 2.20 bits per heavy atom. The lowest BCUT2D eigenvalue weighted by Crippen LogP contribution is -2.24. The number of anilines is 2. The van der Waals surface area contributed by atoms with Crippen molar-refractivity contribution in [1.29, 1.82) is 0 Å². The number of hydrogen-bond donors (Lipinski definition) is 3. The molecule has 0 spiro atoms. The van der Waals surface area contributed by atoms with E-state index in [-0.39, 0.29) is 24.6 Å². The summed E-state index contributed by atoms with van der Waals surface area (Å²) in [5, 5.41) is 11.9. The smallest absolute Gasteiger partial charge is 0.322 e. The van der Waals surface area contributed by atoms with Crippen molar-refractivity contribution in [2.24, 2.45) is 0 Å². The number of nitrogens with one attached hydrogen (secondary N) is 1. The summed E-state index contributed by atoms with van der Waals surface area (Å²) in [7, 11) is 1.45. The van der Waals surface area contributed by atoms with E-state index in [9.17, 15) is 0 Å². The van der Waals surface area contributed by atoms with Gasteiger partial charge in [-0.15, -0.1) is 0 Å². The maximum atomic E-state index is 8.99. The number of rotatable bonds is 5. The Morgan fingerprint density at radius 3 is 2.73 bits per heavy atom. The van der Waals surface area contributed by atoms with Gasteiger partial charge in [0.15, 0.2) is 0 Å². The fourth-order valence-corrected chi connectivity index (χ4v) is 0.987. The molecule has 0 aromatic carbocycles. The monoisotopic (exact) mass is 213 g/mol. The number of nitrogens with two attached hydrogens (primary N) is 1. The largest absolute Gasteiger partial charge is 0.467 e. The molecule has 4 N–H and O–H groups in total. The van der Waals surface area contributed by atoms with Gasteiger partial charge in [0.1, 0.15) is 0 Å². The number of nitrogen functional groups attached to an aromatic ring is 1. The van der Waals surface area contributed by atoms with Gasteiger partial charge in [-0.3, -0.25) is 0 Å². The van der Waals surface area contributed by atoms with Crippen LogP contribution in [-0.2, 0) is 0 Å². The third-order valence-corrected chi connectivity index (χ3v) is 1.86.